The zero-order chi connectivity index (χ0) is 17.9. The van der Waals surface area contributed by atoms with Crippen molar-refractivity contribution in [1.29, 1.82) is 0 Å². The Labute approximate surface area is 142 Å². The Hall–Kier alpha value is -2.30. The number of benzene rings is 1. The van der Waals surface area contributed by atoms with Gasteiger partial charge in [0, 0.05) is 0 Å². The van der Waals surface area contributed by atoms with Gasteiger partial charge in [0.1, 0.15) is 5.52 Å². The maximum absolute atomic E-state index is 12.7. The number of nitrogens with zero attached hydrogens (tertiary/aromatic N) is 2. The molecule has 0 bridgehead atoms. The number of esters is 1. The van der Waals surface area contributed by atoms with Crippen molar-refractivity contribution in [3.8, 4) is 0 Å². The fourth-order valence-electron chi connectivity index (χ4n) is 3.14. The van der Waals surface area contributed by atoms with Gasteiger partial charge in [-0.1, -0.05) is 45.5 Å². The summed E-state index contributed by atoms with van der Waals surface area (Å²) in [6.07, 6.45) is 2.19. The first-order valence-electron chi connectivity index (χ1n) is 8.16. The summed E-state index contributed by atoms with van der Waals surface area (Å²) < 4.78 is 6.96. The highest BCUT2D eigenvalue weighted by Crippen LogP contribution is 2.36. The molecule has 0 N–H and O–H groups in total. The van der Waals surface area contributed by atoms with Crippen LogP contribution < -0.4 is 4.85 Å². The number of hydrogen-bond donors (Lipinski definition) is 0. The van der Waals surface area contributed by atoms with Gasteiger partial charge in [-0.05, 0) is 34.6 Å². The van der Waals surface area contributed by atoms with Crippen LogP contribution >= 0.6 is 0 Å². The third-order valence-corrected chi connectivity index (χ3v) is 4.51. The van der Waals surface area contributed by atoms with Crippen molar-refractivity contribution in [2.45, 2.75) is 46.5 Å². The third kappa shape index (κ3) is 2.68. The van der Waals surface area contributed by atoms with Crippen molar-refractivity contribution >= 4 is 22.6 Å². The Balaban J connectivity index is 2.29. The lowest BCUT2D eigenvalue weighted by Gasteiger charge is -2.25. The first-order chi connectivity index (χ1) is 11.0. The topological polar surface area (TPSA) is 58.2 Å². The molecule has 128 valence electrons. The molecule has 0 saturated carbocycles. The van der Waals surface area contributed by atoms with E-state index in [0.29, 0.717) is 17.9 Å². The van der Waals surface area contributed by atoms with E-state index in [1.165, 1.54) is 4.68 Å². The largest absolute Gasteiger partial charge is 0.595 e. The molecular formula is C19H24N2O3. The lowest BCUT2D eigenvalue weighted by atomic mass is 9.85. The van der Waals surface area contributed by atoms with Gasteiger partial charge < -0.3 is 9.94 Å². The third-order valence-electron chi connectivity index (χ3n) is 4.51. The first-order valence-corrected chi connectivity index (χ1v) is 8.16. The van der Waals surface area contributed by atoms with Gasteiger partial charge in [-0.15, -0.1) is 4.68 Å². The van der Waals surface area contributed by atoms with Crippen molar-refractivity contribution in [3.63, 3.8) is 0 Å². The number of carbonyl (C=O) groups excluding carboxylic acids is 1. The SMILES string of the molecule is Cn1c2ccc(C(C)(C)C)cc2c(C2=CC(C)(C)CC(=O)O2)[n+]1[O-]. The Morgan fingerprint density at radius 2 is 1.96 bits per heavy atom. The maximum Gasteiger partial charge on any atom is 0.312 e. The predicted molar refractivity (Wildman–Crippen MR) is 93.0 cm³/mol. The molecule has 1 aliphatic heterocycles. The quantitative estimate of drug-likeness (QED) is 0.458. The Bertz CT molecular complexity index is 867. The molecule has 0 amide bonds. The van der Waals surface area contributed by atoms with Gasteiger partial charge in [0.05, 0.1) is 18.9 Å². The molecule has 0 spiro atoms. The molecule has 1 aromatic heterocycles. The molecule has 5 nitrogen and oxygen atoms in total. The van der Waals surface area contributed by atoms with Crippen molar-refractivity contribution in [1.82, 2.24) is 4.68 Å². The summed E-state index contributed by atoms with van der Waals surface area (Å²) in [5.74, 6) is 0.0457. The zero-order valence-electron chi connectivity index (χ0n) is 15.1. The van der Waals surface area contributed by atoms with Crippen LogP contribution in [0.2, 0.25) is 0 Å². The summed E-state index contributed by atoms with van der Waals surface area (Å²) in [6, 6.07) is 6.01. The number of rotatable bonds is 1. The molecule has 0 saturated heterocycles. The van der Waals surface area contributed by atoms with Crippen LogP contribution in [-0.2, 0) is 22.0 Å². The first kappa shape index (κ1) is 16.6. The summed E-state index contributed by atoms with van der Waals surface area (Å²) in [6.45, 7) is 10.3. The van der Waals surface area contributed by atoms with E-state index in [0.717, 1.165) is 21.3 Å². The van der Waals surface area contributed by atoms with E-state index in [2.05, 4.69) is 20.8 Å². The average Bonchev–Trinajstić information content (AvgIpc) is 2.67. The van der Waals surface area contributed by atoms with Crippen LogP contribution in [0.4, 0.5) is 0 Å². The molecule has 1 aromatic carbocycles. The summed E-state index contributed by atoms with van der Waals surface area (Å²) in [7, 11) is 1.71. The van der Waals surface area contributed by atoms with Crippen LogP contribution in [0.1, 0.15) is 52.3 Å². The van der Waals surface area contributed by atoms with Gasteiger partial charge in [0.2, 0.25) is 5.76 Å². The Morgan fingerprint density at radius 3 is 2.54 bits per heavy atom. The smallest absolute Gasteiger partial charge is 0.312 e. The van der Waals surface area contributed by atoms with E-state index >= 15 is 0 Å². The Kier molecular flexibility index (Phi) is 3.52. The molecule has 1 aliphatic rings. The number of aromatic nitrogens is 2. The van der Waals surface area contributed by atoms with E-state index in [1.54, 1.807) is 7.05 Å². The van der Waals surface area contributed by atoms with Crippen molar-refractivity contribution in [2.75, 3.05) is 0 Å². The molecule has 2 aromatic rings. The number of carbonyl (C=O) groups is 1. The fourth-order valence-corrected chi connectivity index (χ4v) is 3.14. The lowest BCUT2D eigenvalue weighted by Crippen LogP contribution is -2.39. The molecule has 5 heteroatoms. The standard InChI is InChI=1S/C19H24N2O3/c1-18(2,3)12-7-8-14-13(9-12)17(21(23)20(14)6)15-10-19(4,5)11-16(22)24-15/h7-10H,11H2,1-6H3. The molecule has 2 heterocycles. The summed E-state index contributed by atoms with van der Waals surface area (Å²) in [5, 5.41) is 13.5. The maximum atomic E-state index is 12.7. The van der Waals surface area contributed by atoms with Gasteiger partial charge in [-0.25, -0.2) is 0 Å². The van der Waals surface area contributed by atoms with Crippen LogP contribution in [0, 0.1) is 10.6 Å². The van der Waals surface area contributed by atoms with E-state index in [9.17, 15) is 10.0 Å². The number of hydrogen-bond acceptors (Lipinski definition) is 3. The highest BCUT2D eigenvalue weighted by molar-refractivity contribution is 5.91. The van der Waals surface area contributed by atoms with Crippen LogP contribution in [0.15, 0.2) is 24.3 Å². The highest BCUT2D eigenvalue weighted by Gasteiger charge is 2.34. The average molecular weight is 328 g/mol. The molecular weight excluding hydrogens is 304 g/mol. The second-order valence-corrected chi connectivity index (χ2v) is 8.28. The molecule has 0 radical (unpaired) electrons. The van der Waals surface area contributed by atoms with Crippen LogP contribution in [0.3, 0.4) is 0 Å². The van der Waals surface area contributed by atoms with Crippen LogP contribution in [0.5, 0.6) is 0 Å². The minimum atomic E-state index is -0.332. The minimum Gasteiger partial charge on any atom is -0.595 e. The number of ether oxygens (including phenoxy) is 1. The monoisotopic (exact) mass is 328 g/mol. The van der Waals surface area contributed by atoms with Gasteiger partial charge >= 0.3 is 5.97 Å². The van der Waals surface area contributed by atoms with E-state index in [-0.39, 0.29) is 16.8 Å². The molecule has 0 aliphatic carbocycles. The summed E-state index contributed by atoms with van der Waals surface area (Å²) >= 11 is 0. The fraction of sp³-hybridized carbons (Fsp3) is 0.474. The van der Waals surface area contributed by atoms with Crippen molar-refractivity contribution < 1.29 is 14.4 Å². The van der Waals surface area contributed by atoms with Gasteiger partial charge in [-0.3, -0.25) is 4.79 Å². The molecule has 0 fully saturated rings. The summed E-state index contributed by atoms with van der Waals surface area (Å²) in [5.41, 5.74) is 1.98. The Morgan fingerprint density at radius 1 is 1.29 bits per heavy atom. The number of cyclic esters (lactones) is 1. The van der Waals surface area contributed by atoms with Gasteiger partial charge in [-0.2, -0.15) is 0 Å². The summed E-state index contributed by atoms with van der Waals surface area (Å²) in [4.78, 5) is 12.8. The van der Waals surface area contributed by atoms with Gasteiger partial charge in [0.15, 0.2) is 0 Å². The molecule has 24 heavy (non-hydrogen) atoms. The minimum absolute atomic E-state index is 0.0358. The van der Waals surface area contributed by atoms with Gasteiger partial charge in [0.25, 0.3) is 5.69 Å². The second-order valence-electron chi connectivity index (χ2n) is 8.28. The second kappa shape index (κ2) is 5.10. The van der Waals surface area contributed by atoms with Crippen molar-refractivity contribution in [2.24, 2.45) is 12.5 Å². The van der Waals surface area contributed by atoms with Crippen molar-refractivity contribution in [3.05, 3.63) is 40.7 Å². The highest BCUT2D eigenvalue weighted by atomic mass is 16.5. The van der Waals surface area contributed by atoms with E-state index in [1.807, 2.05) is 38.1 Å². The molecule has 0 unspecified atom stereocenters. The molecule has 0 atom stereocenters. The van der Waals surface area contributed by atoms with E-state index < -0.39 is 0 Å². The number of fused-ring (bicyclic) bond motifs is 1. The number of aryl methyl sites for hydroxylation is 1. The predicted octanol–water partition coefficient (Wildman–Crippen LogP) is 3.42. The molecule has 3 rings (SSSR count). The van der Waals surface area contributed by atoms with Crippen LogP contribution in [-0.4, -0.2) is 10.7 Å². The lowest BCUT2D eigenvalue weighted by molar-refractivity contribution is -0.691. The van der Waals surface area contributed by atoms with E-state index in [4.69, 9.17) is 4.74 Å². The normalized spacial score (nSPS) is 17.8. The zero-order valence-corrected chi connectivity index (χ0v) is 15.1. The van der Waals surface area contributed by atoms with Crippen LogP contribution in [0.25, 0.3) is 16.7 Å². The number of allylic oxidation sites excluding steroid dienone is 1.